The van der Waals surface area contributed by atoms with E-state index >= 15 is 0 Å². The molecule has 0 saturated heterocycles. The Kier molecular flexibility index (Phi) is 4.25. The zero-order valence-electron chi connectivity index (χ0n) is 10.0. The van der Waals surface area contributed by atoms with E-state index in [-0.39, 0.29) is 4.90 Å². The average molecular weight is 274 g/mol. The highest BCUT2D eigenvalue weighted by atomic mass is 32.2. The van der Waals surface area contributed by atoms with Gasteiger partial charge in [0.15, 0.2) is 5.75 Å². The van der Waals surface area contributed by atoms with Gasteiger partial charge in [0.2, 0.25) is 10.0 Å². The van der Waals surface area contributed by atoms with E-state index in [1.54, 1.807) is 0 Å². The number of benzene rings is 1. The predicted molar refractivity (Wildman–Crippen MR) is 64.9 cm³/mol. The Labute approximate surface area is 105 Å². The monoisotopic (exact) mass is 274 g/mol. The first-order chi connectivity index (χ1) is 8.30. The van der Waals surface area contributed by atoms with E-state index in [0.717, 1.165) is 22.5 Å². The van der Waals surface area contributed by atoms with Crippen molar-refractivity contribution in [2.45, 2.75) is 18.2 Å². The molecule has 0 atom stereocenters. The van der Waals surface area contributed by atoms with Crippen LogP contribution in [-0.4, -0.2) is 36.3 Å². The summed E-state index contributed by atoms with van der Waals surface area (Å²) in [6.45, 7) is 2.14. The van der Waals surface area contributed by atoms with Gasteiger partial charge >= 0.3 is 5.69 Å². The first-order valence-corrected chi connectivity index (χ1v) is 6.68. The van der Waals surface area contributed by atoms with Gasteiger partial charge in [-0.1, -0.05) is 6.92 Å². The van der Waals surface area contributed by atoms with Gasteiger partial charge in [-0.2, -0.15) is 0 Å². The third-order valence-electron chi connectivity index (χ3n) is 2.39. The van der Waals surface area contributed by atoms with Crippen LogP contribution in [0.4, 0.5) is 5.69 Å². The molecule has 18 heavy (non-hydrogen) atoms. The fourth-order valence-corrected chi connectivity index (χ4v) is 2.71. The maximum absolute atomic E-state index is 12.0. The summed E-state index contributed by atoms with van der Waals surface area (Å²) in [7, 11) is -2.36. The summed E-state index contributed by atoms with van der Waals surface area (Å²) in [5, 5.41) is 19.9. The highest BCUT2D eigenvalue weighted by Crippen LogP contribution is 2.29. The molecule has 0 heterocycles. The molecule has 0 fully saturated rings. The number of phenolic OH excluding ortho intramolecular Hbond substituents is 1. The molecule has 0 saturated carbocycles. The van der Waals surface area contributed by atoms with E-state index in [2.05, 4.69) is 0 Å². The van der Waals surface area contributed by atoms with E-state index in [1.807, 2.05) is 6.92 Å². The van der Waals surface area contributed by atoms with Crippen molar-refractivity contribution < 1.29 is 18.4 Å². The van der Waals surface area contributed by atoms with Crippen molar-refractivity contribution in [1.29, 1.82) is 0 Å². The Bertz CT molecular complexity index is 555. The lowest BCUT2D eigenvalue weighted by Crippen LogP contribution is -2.27. The van der Waals surface area contributed by atoms with Crippen molar-refractivity contribution in [1.82, 2.24) is 4.31 Å². The number of nitrogens with zero attached hydrogens (tertiary/aromatic N) is 2. The van der Waals surface area contributed by atoms with E-state index in [1.165, 1.54) is 7.05 Å². The fourth-order valence-electron chi connectivity index (χ4n) is 1.42. The SMILES string of the molecule is CCCN(C)S(=O)(=O)c1ccc(O)c([N+](=O)[O-])c1. The Morgan fingerprint density at radius 2 is 2.06 bits per heavy atom. The number of sulfonamides is 1. The number of phenols is 1. The van der Waals surface area contributed by atoms with Crippen LogP contribution in [0.2, 0.25) is 0 Å². The van der Waals surface area contributed by atoms with E-state index in [4.69, 9.17) is 0 Å². The van der Waals surface area contributed by atoms with Crippen molar-refractivity contribution in [3.8, 4) is 5.75 Å². The molecule has 0 aromatic heterocycles. The third kappa shape index (κ3) is 2.77. The normalized spacial score (nSPS) is 11.7. The van der Waals surface area contributed by atoms with Crippen molar-refractivity contribution in [2.75, 3.05) is 13.6 Å². The van der Waals surface area contributed by atoms with Gasteiger partial charge in [0.1, 0.15) is 0 Å². The summed E-state index contributed by atoms with van der Waals surface area (Å²) in [6, 6.07) is 3.01. The van der Waals surface area contributed by atoms with Gasteiger partial charge in [0, 0.05) is 19.7 Å². The molecular weight excluding hydrogens is 260 g/mol. The van der Waals surface area contributed by atoms with Gasteiger partial charge in [-0.3, -0.25) is 10.1 Å². The van der Waals surface area contributed by atoms with Gasteiger partial charge in [0.05, 0.1) is 9.82 Å². The van der Waals surface area contributed by atoms with E-state index in [9.17, 15) is 23.6 Å². The molecule has 8 heteroatoms. The van der Waals surface area contributed by atoms with Gasteiger partial charge in [-0.05, 0) is 18.6 Å². The topological polar surface area (TPSA) is 101 Å². The maximum Gasteiger partial charge on any atom is 0.312 e. The Hall–Kier alpha value is -1.67. The second kappa shape index (κ2) is 5.32. The summed E-state index contributed by atoms with van der Waals surface area (Å²) < 4.78 is 25.2. The van der Waals surface area contributed by atoms with Gasteiger partial charge in [-0.15, -0.1) is 0 Å². The summed E-state index contributed by atoms with van der Waals surface area (Å²) >= 11 is 0. The third-order valence-corrected chi connectivity index (χ3v) is 4.24. The molecule has 0 spiro atoms. The minimum atomic E-state index is -3.76. The molecule has 1 N–H and O–H groups in total. The van der Waals surface area contributed by atoms with Crippen molar-refractivity contribution in [2.24, 2.45) is 0 Å². The summed E-state index contributed by atoms with van der Waals surface area (Å²) in [5.41, 5.74) is -0.624. The molecular formula is C10H14N2O5S. The maximum atomic E-state index is 12.0. The Morgan fingerprint density at radius 1 is 1.44 bits per heavy atom. The average Bonchev–Trinajstić information content (AvgIpc) is 2.29. The van der Waals surface area contributed by atoms with Gasteiger partial charge < -0.3 is 5.11 Å². The van der Waals surface area contributed by atoms with Crippen LogP contribution in [0.1, 0.15) is 13.3 Å². The lowest BCUT2D eigenvalue weighted by molar-refractivity contribution is -0.386. The number of hydrogen-bond donors (Lipinski definition) is 1. The largest absolute Gasteiger partial charge is 0.502 e. The molecule has 0 radical (unpaired) electrons. The smallest absolute Gasteiger partial charge is 0.312 e. The molecule has 7 nitrogen and oxygen atoms in total. The zero-order valence-corrected chi connectivity index (χ0v) is 10.8. The fraction of sp³-hybridized carbons (Fsp3) is 0.400. The number of aromatic hydroxyl groups is 1. The lowest BCUT2D eigenvalue weighted by atomic mass is 10.3. The summed E-state index contributed by atoms with van der Waals surface area (Å²) in [6.07, 6.45) is 0.635. The van der Waals surface area contributed by atoms with Crippen LogP contribution in [0.3, 0.4) is 0 Å². The van der Waals surface area contributed by atoms with E-state index < -0.39 is 26.4 Å². The molecule has 0 aliphatic rings. The number of hydrogen-bond acceptors (Lipinski definition) is 5. The molecule has 1 aromatic carbocycles. The van der Waals surface area contributed by atoms with Crippen molar-refractivity contribution in [3.63, 3.8) is 0 Å². The molecule has 100 valence electrons. The molecule has 1 rings (SSSR count). The van der Waals surface area contributed by atoms with Crippen LogP contribution < -0.4 is 0 Å². The summed E-state index contributed by atoms with van der Waals surface area (Å²) in [5.74, 6) is -0.558. The number of nitro groups is 1. The lowest BCUT2D eigenvalue weighted by Gasteiger charge is -2.16. The second-order valence-electron chi connectivity index (χ2n) is 3.73. The van der Waals surface area contributed by atoms with Crippen LogP contribution in [0.5, 0.6) is 5.75 Å². The summed E-state index contributed by atoms with van der Waals surface area (Å²) in [4.78, 5) is 9.60. The standard InChI is InChI=1S/C10H14N2O5S/c1-3-6-11(2)18(16,17)8-4-5-10(13)9(7-8)12(14)15/h4-5,7,13H,3,6H2,1-2H3. The first kappa shape index (κ1) is 14.4. The van der Waals surface area contributed by atoms with Gasteiger partial charge in [-0.25, -0.2) is 12.7 Å². The van der Waals surface area contributed by atoms with Crippen LogP contribution >= 0.6 is 0 Å². The van der Waals surface area contributed by atoms with Gasteiger partial charge in [0.25, 0.3) is 0 Å². The van der Waals surface area contributed by atoms with E-state index in [0.29, 0.717) is 13.0 Å². The van der Waals surface area contributed by atoms with Crippen LogP contribution in [0.25, 0.3) is 0 Å². The first-order valence-electron chi connectivity index (χ1n) is 5.24. The molecule has 0 amide bonds. The molecule has 0 bridgehead atoms. The van der Waals surface area contributed by atoms with Crippen molar-refractivity contribution in [3.05, 3.63) is 28.3 Å². The quantitative estimate of drug-likeness (QED) is 0.644. The Balaban J connectivity index is 3.26. The van der Waals surface area contributed by atoms with Crippen LogP contribution in [0.15, 0.2) is 23.1 Å². The minimum absolute atomic E-state index is 0.206. The molecule has 0 unspecified atom stereocenters. The zero-order chi connectivity index (χ0) is 13.9. The minimum Gasteiger partial charge on any atom is -0.502 e. The molecule has 1 aromatic rings. The predicted octanol–water partition coefficient (Wildman–Crippen LogP) is 1.33. The van der Waals surface area contributed by atoms with Crippen LogP contribution in [-0.2, 0) is 10.0 Å². The highest BCUT2D eigenvalue weighted by molar-refractivity contribution is 7.89. The number of nitro benzene ring substituents is 1. The molecule has 0 aliphatic carbocycles. The Morgan fingerprint density at radius 3 is 2.56 bits per heavy atom. The van der Waals surface area contributed by atoms with Crippen LogP contribution in [0, 0.1) is 10.1 Å². The number of rotatable bonds is 5. The van der Waals surface area contributed by atoms with Crippen molar-refractivity contribution >= 4 is 15.7 Å². The molecule has 0 aliphatic heterocycles. The highest BCUT2D eigenvalue weighted by Gasteiger charge is 2.24. The second-order valence-corrected chi connectivity index (χ2v) is 5.78.